The molecule has 0 aliphatic rings. The Kier molecular flexibility index (Phi) is 4.83. The van der Waals surface area contributed by atoms with Crippen molar-refractivity contribution in [3.05, 3.63) is 0 Å². The summed E-state index contributed by atoms with van der Waals surface area (Å²) in [7, 11) is 0. The molecule has 3 N–H and O–H groups in total. The highest BCUT2D eigenvalue weighted by Crippen LogP contribution is 1.93. The van der Waals surface area contributed by atoms with Crippen LogP contribution in [0.25, 0.3) is 0 Å². The monoisotopic (exact) mass is 209 g/mol. The van der Waals surface area contributed by atoms with Gasteiger partial charge in [0, 0.05) is 0 Å². The average Bonchev–Trinajstić information content (AvgIpc) is 2.02. The van der Waals surface area contributed by atoms with Crippen molar-refractivity contribution < 1.29 is 24.6 Å². The van der Waals surface area contributed by atoms with Gasteiger partial charge in [0.15, 0.2) is 0 Å². The standard InChI is InChI=1S/C6H8ClNO5/c7-2-4(9)8-3(6(12)13)1-5(10)11/h3H,1-2H2,(H,8,9)(H,10,11)(H,12,13)/t3-/m0/s1. The van der Waals surface area contributed by atoms with E-state index in [2.05, 4.69) is 0 Å². The number of hydrogen-bond acceptors (Lipinski definition) is 3. The van der Waals surface area contributed by atoms with Crippen LogP contribution in [-0.4, -0.2) is 40.0 Å². The van der Waals surface area contributed by atoms with Gasteiger partial charge in [0.05, 0.1) is 6.42 Å². The molecule has 0 aromatic carbocycles. The van der Waals surface area contributed by atoms with E-state index in [4.69, 9.17) is 21.8 Å². The number of carboxylic acids is 2. The summed E-state index contributed by atoms with van der Waals surface area (Å²) in [6.07, 6.45) is -0.669. The van der Waals surface area contributed by atoms with E-state index in [9.17, 15) is 14.4 Å². The van der Waals surface area contributed by atoms with Crippen molar-refractivity contribution >= 4 is 29.4 Å². The predicted molar refractivity (Wildman–Crippen MR) is 42.5 cm³/mol. The number of hydrogen-bond donors (Lipinski definition) is 3. The first-order chi connectivity index (χ1) is 5.97. The maximum atomic E-state index is 10.6. The van der Waals surface area contributed by atoms with Gasteiger partial charge in [-0.25, -0.2) is 4.79 Å². The lowest BCUT2D eigenvalue weighted by atomic mass is 10.2. The van der Waals surface area contributed by atoms with Crippen LogP contribution in [-0.2, 0) is 14.4 Å². The number of nitrogens with one attached hydrogen (secondary N) is 1. The molecule has 0 aliphatic carbocycles. The number of alkyl halides is 1. The van der Waals surface area contributed by atoms with Crippen molar-refractivity contribution in [2.45, 2.75) is 12.5 Å². The molecule has 0 unspecified atom stereocenters. The molecule has 0 bridgehead atoms. The molecular formula is C6H8ClNO5. The minimum absolute atomic E-state index is 0.399. The SMILES string of the molecule is O=C(O)C[C@H](NC(=O)CCl)C(=O)O. The number of halogens is 1. The smallest absolute Gasteiger partial charge is 0.326 e. The van der Waals surface area contributed by atoms with Crippen LogP contribution in [0, 0.1) is 0 Å². The van der Waals surface area contributed by atoms with E-state index in [1.54, 1.807) is 0 Å². The van der Waals surface area contributed by atoms with Gasteiger partial charge in [0.1, 0.15) is 11.9 Å². The van der Waals surface area contributed by atoms with Crippen LogP contribution in [0.2, 0.25) is 0 Å². The third-order valence-electron chi connectivity index (χ3n) is 1.13. The van der Waals surface area contributed by atoms with Crippen molar-refractivity contribution in [1.29, 1.82) is 0 Å². The second-order valence-corrected chi connectivity index (χ2v) is 2.46. The van der Waals surface area contributed by atoms with E-state index in [1.165, 1.54) is 0 Å². The fraction of sp³-hybridized carbons (Fsp3) is 0.500. The summed E-state index contributed by atoms with van der Waals surface area (Å²) in [5, 5.41) is 18.7. The molecule has 0 aromatic rings. The van der Waals surface area contributed by atoms with Gasteiger partial charge in [0.25, 0.3) is 0 Å². The van der Waals surface area contributed by atoms with Crippen LogP contribution in [0.5, 0.6) is 0 Å². The average molecular weight is 210 g/mol. The Morgan fingerprint density at radius 1 is 1.31 bits per heavy atom. The number of carboxylic acid groups (broad SMARTS) is 2. The minimum Gasteiger partial charge on any atom is -0.481 e. The Morgan fingerprint density at radius 3 is 2.15 bits per heavy atom. The molecule has 6 nitrogen and oxygen atoms in total. The molecule has 0 fully saturated rings. The first kappa shape index (κ1) is 11.7. The van der Waals surface area contributed by atoms with Gasteiger partial charge < -0.3 is 15.5 Å². The van der Waals surface area contributed by atoms with Crippen molar-refractivity contribution in [2.75, 3.05) is 5.88 Å². The van der Waals surface area contributed by atoms with Crippen LogP contribution >= 0.6 is 11.6 Å². The van der Waals surface area contributed by atoms with Gasteiger partial charge in [-0.05, 0) is 0 Å². The number of rotatable bonds is 5. The summed E-state index contributed by atoms with van der Waals surface area (Å²) < 4.78 is 0. The Hall–Kier alpha value is -1.30. The Labute approximate surface area is 78.5 Å². The second kappa shape index (κ2) is 5.36. The summed E-state index contributed by atoms with van der Waals surface area (Å²) in [4.78, 5) is 31.1. The summed E-state index contributed by atoms with van der Waals surface area (Å²) >= 11 is 5.08. The Balaban J connectivity index is 4.18. The van der Waals surface area contributed by atoms with Gasteiger partial charge in [-0.2, -0.15) is 0 Å². The van der Waals surface area contributed by atoms with Crippen LogP contribution < -0.4 is 5.32 Å². The lowest BCUT2D eigenvalue weighted by Gasteiger charge is -2.10. The lowest BCUT2D eigenvalue weighted by molar-refractivity contribution is -0.147. The van der Waals surface area contributed by atoms with Gasteiger partial charge in [-0.3, -0.25) is 9.59 Å². The van der Waals surface area contributed by atoms with E-state index >= 15 is 0 Å². The topological polar surface area (TPSA) is 104 Å². The minimum atomic E-state index is -1.43. The molecule has 7 heteroatoms. The predicted octanol–water partition coefficient (Wildman–Crippen LogP) is -0.731. The Bertz CT molecular complexity index is 229. The van der Waals surface area contributed by atoms with E-state index in [1.807, 2.05) is 5.32 Å². The first-order valence-corrected chi connectivity index (χ1v) is 3.80. The molecule has 74 valence electrons. The maximum Gasteiger partial charge on any atom is 0.326 e. The highest BCUT2D eigenvalue weighted by molar-refractivity contribution is 6.27. The van der Waals surface area contributed by atoms with Crippen molar-refractivity contribution in [2.24, 2.45) is 0 Å². The summed E-state index contributed by atoms with van der Waals surface area (Å²) in [6, 6.07) is -1.43. The zero-order valence-corrected chi connectivity index (χ0v) is 7.24. The van der Waals surface area contributed by atoms with Gasteiger partial charge in [-0.1, -0.05) is 0 Å². The summed E-state index contributed by atoms with van der Waals surface area (Å²) in [6.45, 7) is 0. The quantitative estimate of drug-likeness (QED) is 0.518. The van der Waals surface area contributed by atoms with Crippen LogP contribution in [0.4, 0.5) is 0 Å². The fourth-order valence-corrected chi connectivity index (χ4v) is 0.685. The molecular weight excluding hydrogens is 202 g/mol. The molecule has 0 aliphatic heterocycles. The zero-order valence-electron chi connectivity index (χ0n) is 6.49. The lowest BCUT2D eigenvalue weighted by Crippen LogP contribution is -2.42. The molecule has 0 radical (unpaired) electrons. The molecule has 0 aromatic heterocycles. The van der Waals surface area contributed by atoms with Crippen LogP contribution in [0.1, 0.15) is 6.42 Å². The molecule has 0 saturated heterocycles. The normalized spacial score (nSPS) is 11.8. The van der Waals surface area contributed by atoms with Gasteiger partial charge >= 0.3 is 11.9 Å². The highest BCUT2D eigenvalue weighted by Gasteiger charge is 2.22. The highest BCUT2D eigenvalue weighted by atomic mass is 35.5. The molecule has 0 heterocycles. The van der Waals surface area contributed by atoms with Crippen molar-refractivity contribution in [1.82, 2.24) is 5.32 Å². The molecule has 0 spiro atoms. The van der Waals surface area contributed by atoms with Crippen LogP contribution in [0.15, 0.2) is 0 Å². The third kappa shape index (κ3) is 5.02. The second-order valence-electron chi connectivity index (χ2n) is 2.19. The zero-order chi connectivity index (χ0) is 10.4. The third-order valence-corrected chi connectivity index (χ3v) is 1.38. The van der Waals surface area contributed by atoms with Gasteiger partial charge in [-0.15, -0.1) is 11.6 Å². The summed E-state index contributed by atoms with van der Waals surface area (Å²) in [5.74, 6) is -3.82. The van der Waals surface area contributed by atoms with Crippen molar-refractivity contribution in [3.8, 4) is 0 Å². The largest absolute Gasteiger partial charge is 0.481 e. The number of carbonyl (C=O) groups is 3. The van der Waals surface area contributed by atoms with E-state index in [0.29, 0.717) is 0 Å². The molecule has 13 heavy (non-hydrogen) atoms. The Morgan fingerprint density at radius 2 is 1.85 bits per heavy atom. The molecule has 0 saturated carbocycles. The van der Waals surface area contributed by atoms with Gasteiger partial charge in [0.2, 0.25) is 5.91 Å². The van der Waals surface area contributed by atoms with Crippen LogP contribution in [0.3, 0.4) is 0 Å². The van der Waals surface area contributed by atoms with E-state index < -0.39 is 36.2 Å². The van der Waals surface area contributed by atoms with E-state index in [-0.39, 0.29) is 0 Å². The molecule has 0 rings (SSSR count). The summed E-state index contributed by atoms with van der Waals surface area (Å²) in [5.41, 5.74) is 0. The number of carbonyl (C=O) groups excluding carboxylic acids is 1. The maximum absolute atomic E-state index is 10.6. The van der Waals surface area contributed by atoms with Crippen molar-refractivity contribution in [3.63, 3.8) is 0 Å². The fourth-order valence-electron chi connectivity index (χ4n) is 0.608. The number of aliphatic carboxylic acids is 2. The first-order valence-electron chi connectivity index (χ1n) is 3.27. The molecule has 1 amide bonds. The molecule has 1 atom stereocenters. The van der Waals surface area contributed by atoms with E-state index in [0.717, 1.165) is 0 Å². The number of amides is 1.